The number of amides is 1. The second-order valence-corrected chi connectivity index (χ2v) is 14.6. The third kappa shape index (κ3) is 5.73. The number of ether oxygens (including phenoxy) is 1. The van der Waals surface area contributed by atoms with Crippen molar-refractivity contribution in [2.24, 2.45) is 11.3 Å². The molecule has 0 bridgehead atoms. The molecule has 2 N–H and O–H groups in total. The summed E-state index contributed by atoms with van der Waals surface area (Å²) in [6, 6.07) is 11.8. The Morgan fingerprint density at radius 1 is 1.24 bits per heavy atom. The van der Waals surface area contributed by atoms with Gasteiger partial charge in [-0.15, -0.1) is 13.2 Å². The lowest BCUT2D eigenvalue weighted by atomic mass is 9.57. The minimum absolute atomic E-state index is 0.0780. The van der Waals surface area contributed by atoms with E-state index in [1.807, 2.05) is 0 Å². The number of aliphatic hydroxyl groups excluding tert-OH is 1. The minimum Gasteiger partial charge on any atom is -0.490 e. The molecule has 1 amide bonds. The summed E-state index contributed by atoms with van der Waals surface area (Å²) in [4.78, 5) is 15.5. The number of rotatable bonds is 10. The predicted molar refractivity (Wildman–Crippen MR) is 168 cm³/mol. The number of nitrogens with one attached hydrogen (secondary N) is 1. The summed E-state index contributed by atoms with van der Waals surface area (Å²) in [5, 5.41) is 11.2. The minimum atomic E-state index is -3.86. The average molecular weight is 613 g/mol. The van der Waals surface area contributed by atoms with Gasteiger partial charge in [0.05, 0.1) is 34.7 Å². The van der Waals surface area contributed by atoms with Crippen LogP contribution in [0, 0.1) is 11.3 Å². The van der Waals surface area contributed by atoms with E-state index in [2.05, 4.69) is 54.0 Å². The number of fused-ring (bicyclic) bond motifs is 3. The number of anilines is 1. The number of carbonyl (C=O) groups excluding carboxylic acids is 1. The van der Waals surface area contributed by atoms with Gasteiger partial charge in [-0.2, -0.15) is 0 Å². The Labute approximate surface area is 254 Å². The van der Waals surface area contributed by atoms with Crippen molar-refractivity contribution >= 4 is 33.2 Å². The van der Waals surface area contributed by atoms with E-state index in [9.17, 15) is 18.3 Å². The lowest BCUT2D eigenvalue weighted by molar-refractivity contribution is -0.0695. The van der Waals surface area contributed by atoms with E-state index in [1.54, 1.807) is 12.1 Å². The summed E-state index contributed by atoms with van der Waals surface area (Å²) in [5.74, 6) is -0.264. The van der Waals surface area contributed by atoms with Gasteiger partial charge in [0.25, 0.3) is 5.91 Å². The molecule has 226 valence electrons. The van der Waals surface area contributed by atoms with Gasteiger partial charge in [0.2, 0.25) is 10.0 Å². The molecule has 0 saturated heterocycles. The van der Waals surface area contributed by atoms with E-state index in [0.29, 0.717) is 37.6 Å². The third-order valence-corrected chi connectivity index (χ3v) is 11.4. The van der Waals surface area contributed by atoms with Gasteiger partial charge >= 0.3 is 0 Å². The van der Waals surface area contributed by atoms with Gasteiger partial charge in [0.1, 0.15) is 5.75 Å². The largest absolute Gasteiger partial charge is 0.490 e. The second-order valence-electron chi connectivity index (χ2n) is 12.3. The van der Waals surface area contributed by atoms with Crippen molar-refractivity contribution in [3.8, 4) is 5.75 Å². The Morgan fingerprint density at radius 2 is 2.02 bits per heavy atom. The first-order chi connectivity index (χ1) is 20.0. The summed E-state index contributed by atoms with van der Waals surface area (Å²) < 4.78 is 33.7. The normalized spacial score (nSPS) is 25.7. The molecule has 1 heterocycles. The maximum Gasteiger partial charge on any atom is 0.266 e. The molecule has 2 aromatic rings. The molecular formula is C33H41ClN2O5S. The van der Waals surface area contributed by atoms with Crippen LogP contribution in [0.15, 0.2) is 61.7 Å². The highest BCUT2D eigenvalue weighted by Gasteiger charge is 2.50. The molecule has 5 rings (SSSR count). The van der Waals surface area contributed by atoms with Crippen LogP contribution in [0.25, 0.3) is 0 Å². The molecule has 1 spiro atoms. The van der Waals surface area contributed by atoms with Crippen molar-refractivity contribution in [1.82, 2.24) is 4.72 Å². The summed E-state index contributed by atoms with van der Waals surface area (Å²) in [6.07, 6.45) is 8.37. The first-order valence-corrected chi connectivity index (χ1v) is 16.8. The molecule has 42 heavy (non-hydrogen) atoms. The maximum absolute atomic E-state index is 13.2. The molecule has 0 radical (unpaired) electrons. The molecule has 4 atom stereocenters. The Balaban J connectivity index is 1.55. The first kappa shape index (κ1) is 30.6. The van der Waals surface area contributed by atoms with Crippen LogP contribution in [0.3, 0.4) is 0 Å². The van der Waals surface area contributed by atoms with Gasteiger partial charge in [0, 0.05) is 18.5 Å². The molecule has 1 fully saturated rings. The van der Waals surface area contributed by atoms with Crippen molar-refractivity contribution < 1.29 is 23.1 Å². The Bertz CT molecular complexity index is 1480. The quantitative estimate of drug-likeness (QED) is 0.329. The molecule has 0 unspecified atom stereocenters. The fraction of sp³-hybridized carbons (Fsp3) is 0.485. The maximum atomic E-state index is 13.2. The zero-order valence-electron chi connectivity index (χ0n) is 24.3. The standard InChI is InChI=1S/C33H41ClN2O5S/c1-4-6-19-42(39,40)35-31(38)25-14-15-27-30(29(25)34)36(20-24-16-18-32(24,3)28(37)10-5-2)21-33(22-41-27)17-9-12-23-11-7-8-13-26(23)33/h4-5,7-8,11,13-15,24,28,37H,1-2,6,9-10,12,16-22H2,3H3,(H,35,38)/t24-,28+,32-,33+/m1/s1. The number of allylic oxidation sites excluding steroid dienone is 1. The van der Waals surface area contributed by atoms with Crippen LogP contribution in [-0.2, 0) is 21.9 Å². The van der Waals surface area contributed by atoms with Crippen molar-refractivity contribution in [2.75, 3.05) is 30.3 Å². The van der Waals surface area contributed by atoms with Crippen molar-refractivity contribution in [3.05, 3.63) is 83.4 Å². The molecule has 3 aliphatic rings. The fourth-order valence-electron chi connectivity index (χ4n) is 7.04. The number of aryl methyl sites for hydroxylation is 1. The van der Waals surface area contributed by atoms with Crippen LogP contribution in [0.5, 0.6) is 5.75 Å². The lowest BCUT2D eigenvalue weighted by Gasteiger charge is -2.52. The molecule has 7 nitrogen and oxygen atoms in total. The van der Waals surface area contributed by atoms with Gasteiger partial charge < -0.3 is 14.7 Å². The number of hydrogen-bond acceptors (Lipinski definition) is 6. The highest BCUT2D eigenvalue weighted by molar-refractivity contribution is 7.90. The van der Waals surface area contributed by atoms with Crippen molar-refractivity contribution in [2.45, 2.75) is 63.4 Å². The Hall–Kier alpha value is -2.81. The van der Waals surface area contributed by atoms with Gasteiger partial charge in [-0.3, -0.25) is 4.79 Å². The second kappa shape index (κ2) is 12.1. The van der Waals surface area contributed by atoms with E-state index in [1.165, 1.54) is 23.3 Å². The topological polar surface area (TPSA) is 95.9 Å². The van der Waals surface area contributed by atoms with Crippen LogP contribution < -0.4 is 14.4 Å². The molecule has 9 heteroatoms. The number of nitrogens with zero attached hydrogens (tertiary/aromatic N) is 1. The summed E-state index contributed by atoms with van der Waals surface area (Å²) in [7, 11) is -3.86. The SMILES string of the molecule is C=CCCS(=O)(=O)NC(=O)c1ccc2c(c1Cl)N(C[C@H]1CC[C@@]1(C)[C@@H](O)CC=C)C[C@@]1(CCCc3ccccc31)CO2. The summed E-state index contributed by atoms with van der Waals surface area (Å²) in [6.45, 7) is 11.2. The summed E-state index contributed by atoms with van der Waals surface area (Å²) >= 11 is 7.02. The smallest absolute Gasteiger partial charge is 0.266 e. The first-order valence-electron chi connectivity index (χ1n) is 14.8. The van der Waals surface area contributed by atoms with E-state index in [-0.39, 0.29) is 39.5 Å². The van der Waals surface area contributed by atoms with Gasteiger partial charge in [-0.25, -0.2) is 13.1 Å². The molecule has 2 aromatic carbocycles. The zero-order valence-corrected chi connectivity index (χ0v) is 25.9. The molecule has 1 aliphatic heterocycles. The van der Waals surface area contributed by atoms with Gasteiger partial charge in [-0.05, 0) is 79.5 Å². The van der Waals surface area contributed by atoms with E-state index < -0.39 is 22.0 Å². The fourth-order valence-corrected chi connectivity index (χ4v) is 8.37. The van der Waals surface area contributed by atoms with E-state index in [4.69, 9.17) is 16.3 Å². The Kier molecular flexibility index (Phi) is 8.80. The van der Waals surface area contributed by atoms with Crippen LogP contribution in [0.4, 0.5) is 5.69 Å². The van der Waals surface area contributed by atoms with Gasteiger partial charge in [0.15, 0.2) is 0 Å². The zero-order chi connectivity index (χ0) is 30.1. The molecular weight excluding hydrogens is 572 g/mol. The van der Waals surface area contributed by atoms with Crippen LogP contribution in [-0.4, -0.2) is 51.0 Å². The number of benzene rings is 2. The van der Waals surface area contributed by atoms with Crippen LogP contribution in [0.1, 0.15) is 66.9 Å². The number of halogens is 1. The number of sulfonamides is 1. The lowest BCUT2D eigenvalue weighted by Crippen LogP contribution is -2.54. The molecule has 1 saturated carbocycles. The van der Waals surface area contributed by atoms with Crippen molar-refractivity contribution in [1.29, 1.82) is 0 Å². The molecule has 2 aliphatic carbocycles. The summed E-state index contributed by atoms with van der Waals surface area (Å²) in [5.41, 5.74) is 2.71. The van der Waals surface area contributed by atoms with Crippen LogP contribution in [0.2, 0.25) is 5.02 Å². The van der Waals surface area contributed by atoms with E-state index in [0.717, 1.165) is 32.1 Å². The Morgan fingerprint density at radius 3 is 2.74 bits per heavy atom. The van der Waals surface area contributed by atoms with Crippen LogP contribution >= 0.6 is 11.6 Å². The number of carbonyl (C=O) groups is 1. The molecule has 0 aromatic heterocycles. The number of aliphatic hydroxyl groups is 1. The predicted octanol–water partition coefficient (Wildman–Crippen LogP) is 5.80. The highest BCUT2D eigenvalue weighted by Crippen LogP contribution is 2.53. The third-order valence-electron chi connectivity index (χ3n) is 9.72. The highest BCUT2D eigenvalue weighted by atomic mass is 35.5. The van der Waals surface area contributed by atoms with Gasteiger partial charge in [-0.1, -0.05) is 54.9 Å². The average Bonchev–Trinajstić information content (AvgIpc) is 3.11. The van der Waals surface area contributed by atoms with Crippen molar-refractivity contribution in [3.63, 3.8) is 0 Å². The monoisotopic (exact) mass is 612 g/mol. The van der Waals surface area contributed by atoms with E-state index >= 15 is 0 Å². The number of hydrogen-bond donors (Lipinski definition) is 2.